The molecule has 0 fully saturated rings. The van der Waals surface area contributed by atoms with Crippen LogP contribution >= 0.6 is 0 Å². The summed E-state index contributed by atoms with van der Waals surface area (Å²) in [4.78, 5) is 24.2. The number of carbonyl (C=O) groups excluding carboxylic acids is 1. The number of carboxylic acids is 1. The van der Waals surface area contributed by atoms with E-state index in [-0.39, 0.29) is 11.6 Å². The van der Waals surface area contributed by atoms with Crippen LogP contribution in [0.2, 0.25) is 0 Å². The zero-order chi connectivity index (χ0) is 14.3. The normalized spacial score (nSPS) is 10.0. The molecule has 0 aromatic heterocycles. The molecule has 5 nitrogen and oxygen atoms in total. The molecule has 19 heavy (non-hydrogen) atoms. The maximum atomic E-state index is 11.7. The van der Waals surface area contributed by atoms with E-state index in [0.29, 0.717) is 6.54 Å². The summed E-state index contributed by atoms with van der Waals surface area (Å²) in [6.07, 6.45) is 2.01. The lowest BCUT2D eigenvalue weighted by Gasteiger charge is -2.17. The van der Waals surface area contributed by atoms with Gasteiger partial charge in [-0.25, -0.2) is 9.59 Å². The number of hydrogen-bond donors (Lipinski definition) is 2. The summed E-state index contributed by atoms with van der Waals surface area (Å²) in [5.41, 5.74) is 1.00. The van der Waals surface area contributed by atoms with E-state index in [2.05, 4.69) is 12.2 Å². The highest BCUT2D eigenvalue weighted by atomic mass is 16.4. The number of urea groups is 1. The van der Waals surface area contributed by atoms with Crippen LogP contribution in [0.5, 0.6) is 0 Å². The van der Waals surface area contributed by atoms with Gasteiger partial charge in [0.15, 0.2) is 0 Å². The molecule has 0 saturated carbocycles. The minimum atomic E-state index is -0.965. The number of hydrogen-bond acceptors (Lipinski definition) is 2. The van der Waals surface area contributed by atoms with Crippen molar-refractivity contribution in [3.8, 4) is 0 Å². The Morgan fingerprint density at radius 1 is 1.37 bits per heavy atom. The first kappa shape index (κ1) is 15.0. The molecule has 0 heterocycles. The fourth-order valence-electron chi connectivity index (χ4n) is 1.62. The van der Waals surface area contributed by atoms with E-state index in [1.807, 2.05) is 0 Å². The Bertz CT molecular complexity index is 446. The van der Waals surface area contributed by atoms with Gasteiger partial charge in [0.1, 0.15) is 0 Å². The maximum Gasteiger partial charge on any atom is 0.335 e. The van der Waals surface area contributed by atoms with Crippen molar-refractivity contribution in [2.45, 2.75) is 26.3 Å². The van der Waals surface area contributed by atoms with Crippen LogP contribution in [0.1, 0.15) is 35.7 Å². The van der Waals surface area contributed by atoms with E-state index in [1.165, 1.54) is 6.07 Å². The molecule has 0 saturated heterocycles. The molecule has 0 unspecified atom stereocenters. The SMILES string of the molecule is CCCCN(C)C(=O)NCc1cccc(C(=O)O)c1. The summed E-state index contributed by atoms with van der Waals surface area (Å²) >= 11 is 0. The fourth-order valence-corrected chi connectivity index (χ4v) is 1.62. The Balaban J connectivity index is 2.50. The third kappa shape index (κ3) is 4.99. The van der Waals surface area contributed by atoms with Crippen molar-refractivity contribution in [3.05, 3.63) is 35.4 Å². The third-order valence-electron chi connectivity index (χ3n) is 2.81. The fraction of sp³-hybridized carbons (Fsp3) is 0.429. The summed E-state index contributed by atoms with van der Waals surface area (Å²) in [5.74, 6) is -0.965. The highest BCUT2D eigenvalue weighted by Gasteiger charge is 2.08. The Kier molecular flexibility index (Phi) is 5.85. The Morgan fingerprint density at radius 2 is 2.11 bits per heavy atom. The summed E-state index contributed by atoms with van der Waals surface area (Å²) in [6, 6.07) is 6.41. The van der Waals surface area contributed by atoms with Gasteiger partial charge in [0, 0.05) is 20.1 Å². The van der Waals surface area contributed by atoms with Gasteiger partial charge in [-0.15, -0.1) is 0 Å². The average molecular weight is 264 g/mol. The molecule has 104 valence electrons. The lowest BCUT2D eigenvalue weighted by Crippen LogP contribution is -2.37. The molecule has 0 radical (unpaired) electrons. The molecule has 0 aliphatic carbocycles. The molecule has 5 heteroatoms. The second-order valence-corrected chi connectivity index (χ2v) is 4.44. The van der Waals surface area contributed by atoms with Gasteiger partial charge in [0.2, 0.25) is 0 Å². The highest BCUT2D eigenvalue weighted by Crippen LogP contribution is 2.05. The number of aromatic carboxylic acids is 1. The minimum absolute atomic E-state index is 0.144. The smallest absolute Gasteiger partial charge is 0.335 e. The van der Waals surface area contributed by atoms with Crippen molar-refractivity contribution in [3.63, 3.8) is 0 Å². The van der Waals surface area contributed by atoms with Crippen molar-refractivity contribution in [1.82, 2.24) is 10.2 Å². The first-order valence-electron chi connectivity index (χ1n) is 6.35. The first-order valence-corrected chi connectivity index (χ1v) is 6.35. The summed E-state index contributed by atoms with van der Waals surface area (Å²) in [5, 5.41) is 11.6. The number of carbonyl (C=O) groups is 2. The van der Waals surface area contributed by atoms with Gasteiger partial charge in [0.05, 0.1) is 5.56 Å². The van der Waals surface area contributed by atoms with E-state index < -0.39 is 5.97 Å². The molecule has 0 aliphatic heterocycles. The number of amides is 2. The molecule has 2 N–H and O–H groups in total. The zero-order valence-corrected chi connectivity index (χ0v) is 11.3. The van der Waals surface area contributed by atoms with Gasteiger partial charge in [-0.1, -0.05) is 25.5 Å². The molecule has 0 spiro atoms. The quantitative estimate of drug-likeness (QED) is 0.828. The van der Waals surface area contributed by atoms with Crippen LogP contribution in [-0.4, -0.2) is 35.6 Å². The van der Waals surface area contributed by atoms with Crippen LogP contribution < -0.4 is 5.32 Å². The van der Waals surface area contributed by atoms with Crippen LogP contribution in [-0.2, 0) is 6.54 Å². The topological polar surface area (TPSA) is 69.6 Å². The van der Waals surface area contributed by atoms with E-state index in [4.69, 9.17) is 5.11 Å². The van der Waals surface area contributed by atoms with Gasteiger partial charge < -0.3 is 15.3 Å². The molecule has 0 bridgehead atoms. The Hall–Kier alpha value is -2.04. The maximum absolute atomic E-state index is 11.7. The molecule has 1 aromatic carbocycles. The monoisotopic (exact) mass is 264 g/mol. The Morgan fingerprint density at radius 3 is 2.74 bits per heavy atom. The lowest BCUT2D eigenvalue weighted by molar-refractivity contribution is 0.0696. The molecule has 2 amide bonds. The van der Waals surface area contributed by atoms with Gasteiger partial charge >= 0.3 is 12.0 Å². The minimum Gasteiger partial charge on any atom is -0.478 e. The van der Waals surface area contributed by atoms with Gasteiger partial charge in [-0.05, 0) is 24.1 Å². The van der Waals surface area contributed by atoms with Crippen LogP contribution in [0.3, 0.4) is 0 Å². The summed E-state index contributed by atoms with van der Waals surface area (Å²) in [7, 11) is 1.75. The van der Waals surface area contributed by atoms with E-state index in [0.717, 1.165) is 24.9 Å². The largest absolute Gasteiger partial charge is 0.478 e. The van der Waals surface area contributed by atoms with Crippen molar-refractivity contribution in [1.29, 1.82) is 0 Å². The molecular weight excluding hydrogens is 244 g/mol. The van der Waals surface area contributed by atoms with Gasteiger partial charge in [0.25, 0.3) is 0 Å². The predicted octanol–water partition coefficient (Wildman–Crippen LogP) is 2.33. The number of nitrogens with zero attached hydrogens (tertiary/aromatic N) is 1. The summed E-state index contributed by atoms with van der Waals surface area (Å²) < 4.78 is 0. The van der Waals surface area contributed by atoms with Crippen LogP contribution in [0, 0.1) is 0 Å². The number of unbranched alkanes of at least 4 members (excludes halogenated alkanes) is 1. The summed E-state index contributed by atoms with van der Waals surface area (Å²) in [6.45, 7) is 3.12. The Labute approximate surface area is 113 Å². The van der Waals surface area contributed by atoms with Crippen LogP contribution in [0.25, 0.3) is 0 Å². The van der Waals surface area contributed by atoms with Crippen molar-refractivity contribution < 1.29 is 14.7 Å². The second kappa shape index (κ2) is 7.41. The highest BCUT2D eigenvalue weighted by molar-refractivity contribution is 5.87. The molecular formula is C14H20N2O3. The van der Waals surface area contributed by atoms with Gasteiger partial charge in [-0.2, -0.15) is 0 Å². The standard InChI is InChI=1S/C14H20N2O3/c1-3-4-8-16(2)14(19)15-10-11-6-5-7-12(9-11)13(17)18/h5-7,9H,3-4,8,10H2,1-2H3,(H,15,19)(H,17,18). The van der Waals surface area contributed by atoms with Crippen molar-refractivity contribution in [2.75, 3.05) is 13.6 Å². The first-order chi connectivity index (χ1) is 9.04. The van der Waals surface area contributed by atoms with E-state index >= 15 is 0 Å². The molecule has 1 rings (SSSR count). The predicted molar refractivity (Wildman–Crippen MR) is 73.2 cm³/mol. The lowest BCUT2D eigenvalue weighted by atomic mass is 10.1. The second-order valence-electron chi connectivity index (χ2n) is 4.44. The molecule has 0 aliphatic rings. The number of benzene rings is 1. The van der Waals surface area contributed by atoms with Gasteiger partial charge in [-0.3, -0.25) is 0 Å². The number of rotatable bonds is 6. The van der Waals surface area contributed by atoms with Crippen LogP contribution in [0.4, 0.5) is 4.79 Å². The third-order valence-corrected chi connectivity index (χ3v) is 2.81. The number of carboxylic acid groups (broad SMARTS) is 1. The van der Waals surface area contributed by atoms with E-state index in [9.17, 15) is 9.59 Å². The molecule has 0 atom stereocenters. The van der Waals surface area contributed by atoms with Crippen LogP contribution in [0.15, 0.2) is 24.3 Å². The zero-order valence-electron chi connectivity index (χ0n) is 11.3. The molecule has 1 aromatic rings. The average Bonchev–Trinajstić information content (AvgIpc) is 2.42. The van der Waals surface area contributed by atoms with Crippen molar-refractivity contribution >= 4 is 12.0 Å². The van der Waals surface area contributed by atoms with E-state index in [1.54, 1.807) is 30.1 Å². The van der Waals surface area contributed by atoms with Crippen molar-refractivity contribution in [2.24, 2.45) is 0 Å². The number of nitrogens with one attached hydrogen (secondary N) is 1.